The molecular formula is C26H36N2O2. The Morgan fingerprint density at radius 1 is 1.13 bits per heavy atom. The summed E-state index contributed by atoms with van der Waals surface area (Å²) < 4.78 is 1.92. The van der Waals surface area contributed by atoms with E-state index in [1.54, 1.807) is 12.5 Å². The van der Waals surface area contributed by atoms with Gasteiger partial charge in [-0.05, 0) is 92.3 Å². The number of imidazole rings is 1. The Morgan fingerprint density at radius 3 is 2.67 bits per heavy atom. The standard InChI is InChI=1S/C26H36N2O2/c1-4-26(30)12-11-24(2)18(15-26)5-6-19-20-7-8-22(25(20,3)10-9-21(19)24)23(29)16-28-14-13-27-17-28/h1,13-14,17-22,30H,5-12,15-16H2,2-3H3/t18?,19-,20-,21-,22+,24-,25-,26?/m0/s1. The van der Waals surface area contributed by atoms with Crippen molar-refractivity contribution in [2.45, 2.75) is 83.8 Å². The van der Waals surface area contributed by atoms with Crippen LogP contribution < -0.4 is 0 Å². The molecule has 4 saturated carbocycles. The van der Waals surface area contributed by atoms with Crippen LogP contribution in [-0.4, -0.2) is 26.0 Å². The van der Waals surface area contributed by atoms with Crippen LogP contribution in [0, 0.1) is 52.8 Å². The van der Waals surface area contributed by atoms with Crippen LogP contribution in [0.15, 0.2) is 18.7 Å². The summed E-state index contributed by atoms with van der Waals surface area (Å²) in [6, 6.07) is 0. The number of nitrogens with zero attached hydrogens (tertiary/aromatic N) is 2. The van der Waals surface area contributed by atoms with E-state index in [0.29, 0.717) is 29.6 Å². The van der Waals surface area contributed by atoms with E-state index < -0.39 is 5.60 Å². The van der Waals surface area contributed by atoms with Gasteiger partial charge < -0.3 is 9.67 Å². The number of carbonyl (C=O) groups excluding carboxylic acids is 1. The predicted octanol–water partition coefficient (Wildman–Crippen LogP) is 4.48. The fraction of sp³-hybridized carbons (Fsp3) is 0.769. The Kier molecular flexibility index (Phi) is 4.71. The molecule has 2 unspecified atom stereocenters. The van der Waals surface area contributed by atoms with Gasteiger partial charge in [0.2, 0.25) is 0 Å². The summed E-state index contributed by atoms with van der Waals surface area (Å²) in [6.45, 7) is 5.37. The predicted molar refractivity (Wildman–Crippen MR) is 116 cm³/mol. The van der Waals surface area contributed by atoms with Gasteiger partial charge in [0, 0.05) is 18.3 Å². The largest absolute Gasteiger partial charge is 0.378 e. The van der Waals surface area contributed by atoms with Gasteiger partial charge in [0.25, 0.3) is 0 Å². The number of rotatable bonds is 3. The minimum atomic E-state index is -0.890. The van der Waals surface area contributed by atoms with Crippen molar-refractivity contribution in [1.82, 2.24) is 9.55 Å². The second kappa shape index (κ2) is 6.95. The number of aromatic nitrogens is 2. The molecule has 4 nitrogen and oxygen atoms in total. The van der Waals surface area contributed by atoms with Gasteiger partial charge in [0.1, 0.15) is 5.60 Å². The Balaban J connectivity index is 1.35. The van der Waals surface area contributed by atoms with Crippen LogP contribution in [0.3, 0.4) is 0 Å². The fourth-order valence-electron chi connectivity index (χ4n) is 8.58. The summed E-state index contributed by atoms with van der Waals surface area (Å²) in [6.07, 6.45) is 20.7. The van der Waals surface area contributed by atoms with Crippen molar-refractivity contribution in [1.29, 1.82) is 0 Å². The van der Waals surface area contributed by atoms with Gasteiger partial charge in [0.05, 0.1) is 12.9 Å². The highest BCUT2D eigenvalue weighted by Gasteiger charge is 2.61. The van der Waals surface area contributed by atoms with Crippen LogP contribution in [-0.2, 0) is 11.3 Å². The number of hydrogen-bond donors (Lipinski definition) is 1. The Labute approximate surface area is 180 Å². The molecule has 0 aromatic carbocycles. The molecule has 0 saturated heterocycles. The number of ketones is 1. The highest BCUT2D eigenvalue weighted by atomic mass is 16.3. The second-order valence-corrected chi connectivity index (χ2v) is 11.4. The molecule has 0 aliphatic heterocycles. The lowest BCUT2D eigenvalue weighted by atomic mass is 9.44. The maximum absolute atomic E-state index is 13.2. The van der Waals surface area contributed by atoms with E-state index in [4.69, 9.17) is 6.42 Å². The number of aliphatic hydroxyl groups is 1. The minimum Gasteiger partial charge on any atom is -0.378 e. The van der Waals surface area contributed by atoms with Crippen LogP contribution in [0.5, 0.6) is 0 Å². The first-order chi connectivity index (χ1) is 14.3. The summed E-state index contributed by atoms with van der Waals surface area (Å²) in [5.74, 6) is 5.94. The zero-order valence-corrected chi connectivity index (χ0v) is 18.5. The lowest BCUT2D eigenvalue weighted by Crippen LogP contribution is -2.56. The zero-order chi connectivity index (χ0) is 21.1. The molecule has 1 N–H and O–H groups in total. The van der Waals surface area contributed by atoms with Gasteiger partial charge in [0.15, 0.2) is 5.78 Å². The quantitative estimate of drug-likeness (QED) is 0.751. The molecule has 0 spiro atoms. The molecule has 4 heteroatoms. The van der Waals surface area contributed by atoms with Crippen molar-refractivity contribution < 1.29 is 9.90 Å². The fourth-order valence-corrected chi connectivity index (χ4v) is 8.58. The Hall–Kier alpha value is -1.60. The first-order valence-corrected chi connectivity index (χ1v) is 12.0. The van der Waals surface area contributed by atoms with E-state index in [1.807, 2.05) is 10.8 Å². The van der Waals surface area contributed by atoms with E-state index >= 15 is 0 Å². The van der Waals surface area contributed by atoms with E-state index in [-0.39, 0.29) is 11.3 Å². The lowest BCUT2D eigenvalue weighted by molar-refractivity contribution is -0.145. The first-order valence-electron chi connectivity index (χ1n) is 12.0. The highest BCUT2D eigenvalue weighted by Crippen LogP contribution is 2.68. The molecule has 162 valence electrons. The van der Waals surface area contributed by atoms with Crippen molar-refractivity contribution in [2.24, 2.45) is 40.4 Å². The number of carbonyl (C=O) groups is 1. The summed E-state index contributed by atoms with van der Waals surface area (Å²) >= 11 is 0. The van der Waals surface area contributed by atoms with Crippen molar-refractivity contribution in [3.8, 4) is 12.3 Å². The maximum Gasteiger partial charge on any atom is 0.156 e. The SMILES string of the molecule is C#CC1(O)CC[C@@]2(C)C(CC[C@H]3[C@@H]4CC[C@H](C(=O)Cn5ccnc5)[C@@]4(C)CC[C@@H]32)C1. The summed E-state index contributed by atoms with van der Waals surface area (Å²) in [7, 11) is 0. The van der Waals surface area contributed by atoms with Crippen molar-refractivity contribution in [3.63, 3.8) is 0 Å². The lowest BCUT2D eigenvalue weighted by Gasteiger charge is -2.61. The topological polar surface area (TPSA) is 55.1 Å². The number of terminal acetylenes is 1. The van der Waals surface area contributed by atoms with Crippen molar-refractivity contribution >= 4 is 5.78 Å². The zero-order valence-electron chi connectivity index (χ0n) is 18.5. The van der Waals surface area contributed by atoms with Gasteiger partial charge in [-0.1, -0.05) is 19.8 Å². The van der Waals surface area contributed by atoms with E-state index in [2.05, 4.69) is 24.8 Å². The molecule has 4 aliphatic rings. The minimum absolute atomic E-state index is 0.149. The smallest absolute Gasteiger partial charge is 0.156 e. The average Bonchev–Trinajstić information content (AvgIpc) is 3.35. The molecule has 1 aromatic heterocycles. The van der Waals surface area contributed by atoms with Gasteiger partial charge in [-0.15, -0.1) is 6.42 Å². The van der Waals surface area contributed by atoms with Crippen LogP contribution in [0.1, 0.15) is 71.6 Å². The average molecular weight is 409 g/mol. The summed E-state index contributed by atoms with van der Waals surface area (Å²) in [5, 5.41) is 10.7. The van der Waals surface area contributed by atoms with E-state index in [9.17, 15) is 9.90 Å². The third kappa shape index (κ3) is 2.92. The van der Waals surface area contributed by atoms with Crippen LogP contribution >= 0.6 is 0 Å². The molecule has 4 fully saturated rings. The normalized spacial score (nSPS) is 47.6. The molecule has 1 aromatic rings. The van der Waals surface area contributed by atoms with Crippen LogP contribution in [0.25, 0.3) is 0 Å². The molecule has 0 bridgehead atoms. The van der Waals surface area contributed by atoms with Gasteiger partial charge in [-0.2, -0.15) is 0 Å². The molecular weight excluding hydrogens is 372 g/mol. The van der Waals surface area contributed by atoms with Gasteiger partial charge in [-0.3, -0.25) is 4.79 Å². The third-order valence-electron chi connectivity index (χ3n) is 10.3. The first kappa shape index (κ1) is 20.3. The monoisotopic (exact) mass is 408 g/mol. The molecule has 5 rings (SSSR count). The molecule has 30 heavy (non-hydrogen) atoms. The van der Waals surface area contributed by atoms with Crippen molar-refractivity contribution in [2.75, 3.05) is 0 Å². The Morgan fingerprint density at radius 2 is 1.93 bits per heavy atom. The molecule has 0 radical (unpaired) electrons. The molecule has 0 amide bonds. The molecule has 1 heterocycles. The van der Waals surface area contributed by atoms with Crippen LogP contribution in [0.4, 0.5) is 0 Å². The summed E-state index contributed by atoms with van der Waals surface area (Å²) in [5.41, 5.74) is -0.444. The molecule has 4 aliphatic carbocycles. The van der Waals surface area contributed by atoms with Crippen molar-refractivity contribution in [3.05, 3.63) is 18.7 Å². The number of Topliss-reactive ketones (excluding diaryl/α,β-unsaturated/α-hetero) is 1. The molecule has 8 atom stereocenters. The summed E-state index contributed by atoms with van der Waals surface area (Å²) in [4.78, 5) is 17.3. The highest BCUT2D eigenvalue weighted by molar-refractivity contribution is 5.82. The van der Waals surface area contributed by atoms with E-state index in [1.165, 1.54) is 32.1 Å². The Bertz CT molecular complexity index is 857. The van der Waals surface area contributed by atoms with Gasteiger partial charge >= 0.3 is 0 Å². The van der Waals surface area contributed by atoms with Gasteiger partial charge in [-0.25, -0.2) is 4.98 Å². The number of hydrogen-bond acceptors (Lipinski definition) is 3. The van der Waals surface area contributed by atoms with E-state index in [0.717, 1.165) is 37.5 Å². The second-order valence-electron chi connectivity index (χ2n) is 11.4. The number of fused-ring (bicyclic) bond motifs is 5. The maximum atomic E-state index is 13.2. The van der Waals surface area contributed by atoms with Crippen LogP contribution in [0.2, 0.25) is 0 Å². The third-order valence-corrected chi connectivity index (χ3v) is 10.3.